The number of aliphatic carboxylic acids is 1. The summed E-state index contributed by atoms with van der Waals surface area (Å²) in [6, 6.07) is 7.72. The Hall–Kier alpha value is -1.84. The fourth-order valence-corrected chi connectivity index (χ4v) is 3.25. The van der Waals surface area contributed by atoms with Crippen LogP contribution in [0.5, 0.6) is 0 Å². The van der Waals surface area contributed by atoms with E-state index in [9.17, 15) is 14.7 Å². The Labute approximate surface area is 112 Å². The molecule has 100 valence electrons. The average molecular weight is 259 g/mol. The second kappa shape index (κ2) is 4.37. The molecule has 1 amide bonds. The molecule has 3 rings (SSSR count). The first-order valence-corrected chi connectivity index (χ1v) is 6.75. The zero-order chi connectivity index (χ0) is 13.5. The van der Waals surface area contributed by atoms with Crippen LogP contribution in [-0.4, -0.2) is 28.4 Å². The molecule has 0 bridgehead atoms. The highest BCUT2D eigenvalue weighted by Crippen LogP contribution is 2.44. The third-order valence-corrected chi connectivity index (χ3v) is 4.30. The highest BCUT2D eigenvalue weighted by molar-refractivity contribution is 5.84. The first-order valence-electron chi connectivity index (χ1n) is 6.75. The van der Waals surface area contributed by atoms with Crippen molar-refractivity contribution in [1.82, 2.24) is 4.90 Å². The van der Waals surface area contributed by atoms with Crippen LogP contribution in [0.4, 0.5) is 0 Å². The standard InChI is InChI=1S/C15H17NO3/c17-10-16(12-7-8-12)15(14(18)19)9-3-5-11-4-1-2-6-13(11)15/h1-2,4,6,10,12H,3,5,7-9H2,(H,18,19). The molecule has 1 unspecified atom stereocenters. The highest BCUT2D eigenvalue weighted by atomic mass is 16.4. The molecule has 1 saturated carbocycles. The van der Waals surface area contributed by atoms with Gasteiger partial charge in [0.2, 0.25) is 6.41 Å². The van der Waals surface area contributed by atoms with Crippen LogP contribution in [0, 0.1) is 0 Å². The largest absolute Gasteiger partial charge is 0.479 e. The van der Waals surface area contributed by atoms with Gasteiger partial charge >= 0.3 is 5.97 Å². The van der Waals surface area contributed by atoms with Crippen molar-refractivity contribution in [1.29, 1.82) is 0 Å². The number of fused-ring (bicyclic) bond motifs is 1. The highest BCUT2D eigenvalue weighted by Gasteiger charge is 2.52. The molecule has 19 heavy (non-hydrogen) atoms. The van der Waals surface area contributed by atoms with Gasteiger partial charge in [-0.3, -0.25) is 4.79 Å². The molecule has 0 saturated heterocycles. The van der Waals surface area contributed by atoms with Gasteiger partial charge in [-0.05, 0) is 43.2 Å². The van der Waals surface area contributed by atoms with Crippen LogP contribution in [0.3, 0.4) is 0 Å². The zero-order valence-corrected chi connectivity index (χ0v) is 10.7. The quantitative estimate of drug-likeness (QED) is 0.840. The summed E-state index contributed by atoms with van der Waals surface area (Å²) < 4.78 is 0. The van der Waals surface area contributed by atoms with Gasteiger partial charge in [-0.15, -0.1) is 0 Å². The van der Waals surface area contributed by atoms with E-state index in [2.05, 4.69) is 0 Å². The van der Waals surface area contributed by atoms with Crippen molar-refractivity contribution in [3.05, 3.63) is 35.4 Å². The number of hydrogen-bond donors (Lipinski definition) is 1. The number of amides is 1. The Balaban J connectivity index is 2.16. The van der Waals surface area contributed by atoms with E-state index in [-0.39, 0.29) is 6.04 Å². The lowest BCUT2D eigenvalue weighted by molar-refractivity contribution is -0.158. The maximum absolute atomic E-state index is 12.0. The maximum atomic E-state index is 12.0. The van der Waals surface area contributed by atoms with Gasteiger partial charge in [0, 0.05) is 6.04 Å². The summed E-state index contributed by atoms with van der Waals surface area (Å²) in [5, 5.41) is 9.81. The smallest absolute Gasteiger partial charge is 0.334 e. The summed E-state index contributed by atoms with van der Waals surface area (Å²) in [6.45, 7) is 0. The number of rotatable bonds is 4. The minimum Gasteiger partial charge on any atom is -0.479 e. The summed E-state index contributed by atoms with van der Waals surface area (Å²) in [5.74, 6) is -0.904. The summed E-state index contributed by atoms with van der Waals surface area (Å²) >= 11 is 0. The van der Waals surface area contributed by atoms with E-state index in [0.29, 0.717) is 6.42 Å². The van der Waals surface area contributed by atoms with Crippen LogP contribution >= 0.6 is 0 Å². The molecule has 0 spiro atoms. The van der Waals surface area contributed by atoms with E-state index in [4.69, 9.17) is 0 Å². The lowest BCUT2D eigenvalue weighted by Crippen LogP contribution is -2.54. The van der Waals surface area contributed by atoms with E-state index in [1.54, 1.807) is 4.90 Å². The third-order valence-electron chi connectivity index (χ3n) is 4.30. The minimum atomic E-state index is -1.15. The zero-order valence-electron chi connectivity index (χ0n) is 10.7. The van der Waals surface area contributed by atoms with Gasteiger partial charge in [0.15, 0.2) is 5.54 Å². The van der Waals surface area contributed by atoms with Gasteiger partial charge in [0.1, 0.15) is 0 Å². The Morgan fingerprint density at radius 1 is 1.37 bits per heavy atom. The SMILES string of the molecule is O=CN(C1CC1)C1(C(=O)O)CCCc2ccccc21. The predicted octanol–water partition coefficient (Wildman–Crippen LogP) is 1.92. The molecule has 2 aliphatic carbocycles. The molecule has 1 fully saturated rings. The first-order chi connectivity index (χ1) is 9.20. The number of carbonyl (C=O) groups is 2. The minimum absolute atomic E-state index is 0.0970. The Bertz CT molecular complexity index is 524. The van der Waals surface area contributed by atoms with Crippen molar-refractivity contribution >= 4 is 12.4 Å². The number of nitrogens with zero attached hydrogens (tertiary/aromatic N) is 1. The number of hydrogen-bond acceptors (Lipinski definition) is 2. The van der Waals surface area contributed by atoms with E-state index in [1.165, 1.54) is 0 Å². The summed E-state index contributed by atoms with van der Waals surface area (Å²) in [7, 11) is 0. The van der Waals surface area contributed by atoms with E-state index in [1.807, 2.05) is 24.3 Å². The summed E-state index contributed by atoms with van der Waals surface area (Å²) in [4.78, 5) is 25.0. The molecule has 2 aliphatic rings. The van der Waals surface area contributed by atoms with Gasteiger partial charge in [-0.1, -0.05) is 24.3 Å². The fraction of sp³-hybridized carbons (Fsp3) is 0.467. The van der Waals surface area contributed by atoms with Crippen LogP contribution in [-0.2, 0) is 21.5 Å². The Kier molecular flexibility index (Phi) is 2.81. The Morgan fingerprint density at radius 3 is 2.74 bits per heavy atom. The second-order valence-corrected chi connectivity index (χ2v) is 5.42. The third kappa shape index (κ3) is 1.74. The van der Waals surface area contributed by atoms with Crippen LogP contribution < -0.4 is 0 Å². The maximum Gasteiger partial charge on any atom is 0.334 e. The van der Waals surface area contributed by atoms with E-state index in [0.717, 1.165) is 43.2 Å². The molecule has 1 aromatic carbocycles. The van der Waals surface area contributed by atoms with Gasteiger partial charge < -0.3 is 10.0 Å². The number of carbonyl (C=O) groups excluding carboxylic acids is 1. The lowest BCUT2D eigenvalue weighted by Gasteiger charge is -2.42. The molecule has 0 radical (unpaired) electrons. The number of aryl methyl sites for hydroxylation is 1. The monoisotopic (exact) mass is 259 g/mol. The lowest BCUT2D eigenvalue weighted by atomic mass is 9.75. The van der Waals surface area contributed by atoms with Crippen LogP contribution in [0.25, 0.3) is 0 Å². The first kappa shape index (κ1) is 12.2. The molecular formula is C15H17NO3. The fourth-order valence-electron chi connectivity index (χ4n) is 3.25. The predicted molar refractivity (Wildman–Crippen MR) is 69.6 cm³/mol. The molecule has 1 aromatic rings. The van der Waals surface area contributed by atoms with Crippen molar-refractivity contribution in [3.8, 4) is 0 Å². The number of benzene rings is 1. The van der Waals surface area contributed by atoms with Gasteiger partial charge in [-0.25, -0.2) is 4.79 Å². The van der Waals surface area contributed by atoms with Gasteiger partial charge in [0.25, 0.3) is 0 Å². The van der Waals surface area contributed by atoms with E-state index >= 15 is 0 Å². The summed E-state index contributed by atoms with van der Waals surface area (Å²) in [6.07, 6.45) is 4.76. The molecular weight excluding hydrogens is 242 g/mol. The van der Waals surface area contributed by atoms with Gasteiger partial charge in [0.05, 0.1) is 0 Å². The van der Waals surface area contributed by atoms with Crippen molar-refractivity contribution in [2.45, 2.75) is 43.7 Å². The number of carboxylic acid groups (broad SMARTS) is 1. The van der Waals surface area contributed by atoms with Crippen molar-refractivity contribution in [2.24, 2.45) is 0 Å². The Morgan fingerprint density at radius 2 is 2.11 bits per heavy atom. The molecule has 1 atom stereocenters. The second-order valence-electron chi connectivity index (χ2n) is 5.42. The van der Waals surface area contributed by atoms with Crippen molar-refractivity contribution in [3.63, 3.8) is 0 Å². The van der Waals surface area contributed by atoms with Crippen molar-refractivity contribution in [2.75, 3.05) is 0 Å². The number of carboxylic acids is 1. The molecule has 0 aromatic heterocycles. The summed E-state index contributed by atoms with van der Waals surface area (Å²) in [5.41, 5.74) is 0.703. The molecule has 0 heterocycles. The van der Waals surface area contributed by atoms with Crippen LogP contribution in [0.1, 0.15) is 36.8 Å². The molecule has 1 N–H and O–H groups in total. The van der Waals surface area contributed by atoms with Gasteiger partial charge in [-0.2, -0.15) is 0 Å². The normalized spacial score (nSPS) is 25.5. The van der Waals surface area contributed by atoms with Crippen LogP contribution in [0.15, 0.2) is 24.3 Å². The molecule has 4 heteroatoms. The van der Waals surface area contributed by atoms with E-state index < -0.39 is 11.5 Å². The van der Waals surface area contributed by atoms with Crippen molar-refractivity contribution < 1.29 is 14.7 Å². The average Bonchev–Trinajstić information content (AvgIpc) is 3.24. The molecule has 4 nitrogen and oxygen atoms in total. The topological polar surface area (TPSA) is 57.6 Å². The molecule has 0 aliphatic heterocycles. The van der Waals surface area contributed by atoms with Crippen LogP contribution in [0.2, 0.25) is 0 Å².